The van der Waals surface area contributed by atoms with Crippen LogP contribution in [-0.2, 0) is 0 Å². The molecule has 0 bridgehead atoms. The van der Waals surface area contributed by atoms with Crippen LogP contribution >= 0.6 is 12.2 Å². The molecule has 0 saturated heterocycles. The molecule has 1 aliphatic rings. The Balaban J connectivity index is 2.07. The summed E-state index contributed by atoms with van der Waals surface area (Å²) in [5.74, 6) is 0. The molecule has 0 radical (unpaired) electrons. The van der Waals surface area contributed by atoms with Crippen LogP contribution in [0.4, 0.5) is 5.69 Å². The molecule has 0 atom stereocenters. The summed E-state index contributed by atoms with van der Waals surface area (Å²) in [6.07, 6.45) is 0.947. The van der Waals surface area contributed by atoms with Crippen LogP contribution in [0.25, 0.3) is 5.70 Å². The minimum atomic E-state index is 0.947. The van der Waals surface area contributed by atoms with Crippen molar-refractivity contribution in [1.29, 1.82) is 0 Å². The van der Waals surface area contributed by atoms with Crippen molar-refractivity contribution in [2.45, 2.75) is 13.3 Å². The van der Waals surface area contributed by atoms with Gasteiger partial charge < -0.3 is 5.32 Å². The topological polar surface area (TPSA) is 12.0 Å². The van der Waals surface area contributed by atoms with Gasteiger partial charge in [0.15, 0.2) is 0 Å². The van der Waals surface area contributed by atoms with Gasteiger partial charge in [0.1, 0.15) is 0 Å². The number of hydrogen-bond donors (Lipinski definition) is 1. The van der Waals surface area contributed by atoms with Crippen molar-refractivity contribution < 1.29 is 0 Å². The molecule has 0 aromatic heterocycles. The first-order valence-corrected chi connectivity index (χ1v) is 6.91. The predicted octanol–water partition coefficient (Wildman–Crippen LogP) is 4.65. The number of fused-ring (bicyclic) bond motifs is 1. The molecule has 1 nitrogen and oxygen atoms in total. The minimum Gasteiger partial charge on any atom is -0.355 e. The van der Waals surface area contributed by atoms with Gasteiger partial charge >= 0.3 is 0 Å². The van der Waals surface area contributed by atoms with E-state index in [1.165, 1.54) is 16.7 Å². The highest BCUT2D eigenvalue weighted by molar-refractivity contribution is 7.81. The first-order valence-electron chi connectivity index (χ1n) is 6.50. The third-order valence-corrected chi connectivity index (χ3v) is 3.88. The van der Waals surface area contributed by atoms with Crippen molar-refractivity contribution in [3.05, 3.63) is 71.3 Å². The van der Waals surface area contributed by atoms with E-state index in [0.717, 1.165) is 22.7 Å². The molecule has 0 unspecified atom stereocenters. The molecule has 94 valence electrons. The van der Waals surface area contributed by atoms with E-state index in [1.807, 2.05) is 24.3 Å². The summed E-state index contributed by atoms with van der Waals surface area (Å²) < 4.78 is 0. The van der Waals surface area contributed by atoms with E-state index in [2.05, 4.69) is 42.6 Å². The Hall–Kier alpha value is -1.93. The van der Waals surface area contributed by atoms with Crippen molar-refractivity contribution in [2.75, 3.05) is 5.32 Å². The first-order chi connectivity index (χ1) is 9.31. The average Bonchev–Trinajstić information content (AvgIpc) is 2.73. The smallest absolute Gasteiger partial charge is 0.0511 e. The van der Waals surface area contributed by atoms with Crippen LogP contribution in [0.5, 0.6) is 0 Å². The maximum absolute atomic E-state index is 5.59. The highest BCUT2D eigenvalue weighted by Gasteiger charge is 2.24. The predicted molar refractivity (Wildman–Crippen MR) is 85.4 cm³/mol. The van der Waals surface area contributed by atoms with E-state index in [-0.39, 0.29) is 0 Å². The molecule has 0 heterocycles. The molecule has 0 aliphatic heterocycles. The van der Waals surface area contributed by atoms with Crippen molar-refractivity contribution in [2.24, 2.45) is 0 Å². The molecule has 2 aromatic carbocycles. The fraction of sp³-hybridized carbons (Fsp3) is 0.118. The highest BCUT2D eigenvalue weighted by atomic mass is 32.1. The van der Waals surface area contributed by atoms with Gasteiger partial charge in [-0.05, 0) is 24.1 Å². The van der Waals surface area contributed by atoms with Gasteiger partial charge in [-0.2, -0.15) is 0 Å². The molecule has 2 aromatic rings. The zero-order chi connectivity index (χ0) is 13.2. The molecule has 3 rings (SSSR count). The summed E-state index contributed by atoms with van der Waals surface area (Å²) in [5.41, 5.74) is 5.89. The van der Waals surface area contributed by atoms with E-state index in [4.69, 9.17) is 12.2 Å². The summed E-state index contributed by atoms with van der Waals surface area (Å²) >= 11 is 5.59. The summed E-state index contributed by atoms with van der Waals surface area (Å²) in [5, 5.41) is 3.52. The number of benzene rings is 2. The van der Waals surface area contributed by atoms with Crippen molar-refractivity contribution in [3.63, 3.8) is 0 Å². The van der Waals surface area contributed by atoms with E-state index >= 15 is 0 Å². The van der Waals surface area contributed by atoms with Crippen LogP contribution in [0.2, 0.25) is 0 Å². The average molecular weight is 265 g/mol. The van der Waals surface area contributed by atoms with Gasteiger partial charge in [0.25, 0.3) is 0 Å². The van der Waals surface area contributed by atoms with Gasteiger partial charge in [-0.25, -0.2) is 0 Å². The molecular weight excluding hydrogens is 250 g/mol. The van der Waals surface area contributed by atoms with Gasteiger partial charge in [-0.3, -0.25) is 0 Å². The van der Waals surface area contributed by atoms with Crippen molar-refractivity contribution in [1.82, 2.24) is 0 Å². The fourth-order valence-corrected chi connectivity index (χ4v) is 2.91. The molecule has 1 N–H and O–H groups in total. The Kier molecular flexibility index (Phi) is 3.18. The standard InChI is InChI=1S/C17H15NS/c1-2-13-16(18-12-8-4-3-5-9-12)14-10-6-7-11-15(14)17(13)19/h3-11,18H,2H2,1H3. The lowest BCUT2D eigenvalue weighted by atomic mass is 10.1. The molecular formula is C17H15NS. The molecule has 0 spiro atoms. The Morgan fingerprint density at radius 2 is 1.53 bits per heavy atom. The number of nitrogens with one attached hydrogen (secondary N) is 1. The van der Waals surface area contributed by atoms with Gasteiger partial charge in [-0.15, -0.1) is 0 Å². The minimum absolute atomic E-state index is 0.947. The van der Waals surface area contributed by atoms with Crippen LogP contribution in [0.15, 0.2) is 60.2 Å². The van der Waals surface area contributed by atoms with E-state index < -0.39 is 0 Å². The third-order valence-electron chi connectivity index (χ3n) is 3.41. The summed E-state index contributed by atoms with van der Waals surface area (Å²) in [7, 11) is 0. The Bertz CT molecular complexity index is 656. The van der Waals surface area contributed by atoms with Gasteiger partial charge in [-0.1, -0.05) is 61.6 Å². The maximum atomic E-state index is 5.59. The molecule has 0 fully saturated rings. The summed E-state index contributed by atoms with van der Waals surface area (Å²) in [6, 6.07) is 18.6. The quantitative estimate of drug-likeness (QED) is 0.811. The Morgan fingerprint density at radius 3 is 2.21 bits per heavy atom. The van der Waals surface area contributed by atoms with E-state index in [0.29, 0.717) is 0 Å². The second kappa shape index (κ2) is 4.98. The zero-order valence-corrected chi connectivity index (χ0v) is 11.6. The van der Waals surface area contributed by atoms with Crippen LogP contribution < -0.4 is 5.32 Å². The molecule has 19 heavy (non-hydrogen) atoms. The number of hydrogen-bond acceptors (Lipinski definition) is 2. The fourth-order valence-electron chi connectivity index (χ4n) is 2.48. The monoisotopic (exact) mass is 265 g/mol. The normalized spacial score (nSPS) is 13.6. The van der Waals surface area contributed by atoms with Gasteiger partial charge in [0, 0.05) is 16.8 Å². The lowest BCUT2D eigenvalue weighted by molar-refractivity contribution is 1.18. The number of rotatable bonds is 3. The van der Waals surface area contributed by atoms with E-state index in [1.54, 1.807) is 0 Å². The molecule has 2 heteroatoms. The summed E-state index contributed by atoms with van der Waals surface area (Å²) in [4.78, 5) is 0.983. The van der Waals surface area contributed by atoms with Crippen LogP contribution in [-0.4, -0.2) is 4.86 Å². The second-order valence-corrected chi connectivity index (χ2v) is 4.98. The second-order valence-electron chi connectivity index (χ2n) is 4.57. The van der Waals surface area contributed by atoms with E-state index in [9.17, 15) is 0 Å². The lowest BCUT2D eigenvalue weighted by Gasteiger charge is -2.10. The Labute approximate surface area is 119 Å². The number of para-hydroxylation sites is 1. The number of allylic oxidation sites excluding steroid dienone is 1. The van der Waals surface area contributed by atoms with Crippen LogP contribution in [0.1, 0.15) is 24.5 Å². The maximum Gasteiger partial charge on any atom is 0.0511 e. The van der Waals surface area contributed by atoms with Crippen LogP contribution in [0, 0.1) is 0 Å². The largest absolute Gasteiger partial charge is 0.355 e. The Morgan fingerprint density at radius 1 is 0.895 bits per heavy atom. The summed E-state index contributed by atoms with van der Waals surface area (Å²) in [6.45, 7) is 2.15. The SMILES string of the molecule is CCC1=C(Nc2ccccc2)c2ccccc2C1=S. The van der Waals surface area contributed by atoms with Crippen molar-refractivity contribution >= 4 is 28.5 Å². The molecule has 0 amide bonds. The first kappa shape index (κ1) is 12.1. The lowest BCUT2D eigenvalue weighted by Crippen LogP contribution is -2.00. The highest BCUT2D eigenvalue weighted by Crippen LogP contribution is 2.35. The number of anilines is 1. The van der Waals surface area contributed by atoms with Crippen LogP contribution in [0.3, 0.4) is 0 Å². The molecule has 1 aliphatic carbocycles. The zero-order valence-electron chi connectivity index (χ0n) is 10.8. The van der Waals surface area contributed by atoms with Gasteiger partial charge in [0.2, 0.25) is 0 Å². The van der Waals surface area contributed by atoms with Crippen molar-refractivity contribution in [3.8, 4) is 0 Å². The third kappa shape index (κ3) is 2.08. The number of thiocarbonyl (C=S) groups is 1. The molecule has 0 saturated carbocycles. The van der Waals surface area contributed by atoms with Gasteiger partial charge in [0.05, 0.1) is 10.6 Å².